The molecule has 0 bridgehead atoms. The molecule has 0 saturated carbocycles. The van der Waals surface area contributed by atoms with Crippen molar-refractivity contribution in [3.63, 3.8) is 0 Å². The Morgan fingerprint density at radius 2 is 1.95 bits per heavy atom. The molecule has 0 radical (unpaired) electrons. The third-order valence-electron chi connectivity index (χ3n) is 3.80. The van der Waals surface area contributed by atoms with Gasteiger partial charge in [0.15, 0.2) is 0 Å². The van der Waals surface area contributed by atoms with Gasteiger partial charge >= 0.3 is 0 Å². The van der Waals surface area contributed by atoms with Crippen molar-refractivity contribution in [3.8, 4) is 0 Å². The Labute approximate surface area is 120 Å². The van der Waals surface area contributed by atoms with E-state index in [2.05, 4.69) is 38.1 Å². The van der Waals surface area contributed by atoms with Gasteiger partial charge in [0.2, 0.25) is 5.91 Å². The minimum Gasteiger partial charge on any atom is -0.342 e. The van der Waals surface area contributed by atoms with E-state index in [1.165, 1.54) is 4.90 Å². The zero-order valence-corrected chi connectivity index (χ0v) is 12.7. The minimum absolute atomic E-state index is 0.316. The van der Waals surface area contributed by atoms with E-state index in [1.807, 2.05) is 22.7 Å². The molecule has 1 heterocycles. The molecule has 0 atom stereocenters. The van der Waals surface area contributed by atoms with Gasteiger partial charge in [-0.15, -0.1) is 11.8 Å². The summed E-state index contributed by atoms with van der Waals surface area (Å²) in [7, 11) is 0. The lowest BCUT2D eigenvalue weighted by atomic mass is 9.85. The van der Waals surface area contributed by atoms with Crippen LogP contribution < -0.4 is 0 Å². The molecule has 1 saturated heterocycles. The zero-order valence-electron chi connectivity index (χ0n) is 11.9. The van der Waals surface area contributed by atoms with Gasteiger partial charge in [-0.3, -0.25) is 4.79 Å². The first kappa shape index (κ1) is 14.4. The van der Waals surface area contributed by atoms with Crippen molar-refractivity contribution in [3.05, 3.63) is 30.3 Å². The van der Waals surface area contributed by atoms with Crippen LogP contribution in [0.3, 0.4) is 0 Å². The number of likely N-dealkylation sites (tertiary alicyclic amines) is 1. The number of nitrogens with zero attached hydrogens (tertiary/aromatic N) is 1. The lowest BCUT2D eigenvalue weighted by molar-refractivity contribution is -0.130. The first-order valence-electron chi connectivity index (χ1n) is 7.02. The molecule has 3 heteroatoms. The predicted molar refractivity (Wildman–Crippen MR) is 81.4 cm³/mol. The second kappa shape index (κ2) is 6.47. The number of benzene rings is 1. The summed E-state index contributed by atoms with van der Waals surface area (Å²) in [5.41, 5.74) is 0.316. The highest BCUT2D eigenvalue weighted by molar-refractivity contribution is 7.99. The van der Waals surface area contributed by atoms with Gasteiger partial charge in [0.1, 0.15) is 0 Å². The summed E-state index contributed by atoms with van der Waals surface area (Å²) in [5, 5.41) is 0. The number of amides is 1. The fourth-order valence-corrected chi connectivity index (χ4v) is 3.21. The van der Waals surface area contributed by atoms with Crippen LogP contribution in [0.5, 0.6) is 0 Å². The maximum absolute atomic E-state index is 12.1. The molecule has 1 aromatic rings. The Morgan fingerprint density at radius 1 is 1.21 bits per heavy atom. The van der Waals surface area contributed by atoms with Crippen LogP contribution in [0.4, 0.5) is 0 Å². The van der Waals surface area contributed by atoms with E-state index in [0.717, 1.165) is 31.7 Å². The van der Waals surface area contributed by atoms with Crippen LogP contribution in [0.25, 0.3) is 0 Å². The fraction of sp³-hybridized carbons (Fsp3) is 0.562. The lowest BCUT2D eigenvalue weighted by Gasteiger charge is -2.23. The van der Waals surface area contributed by atoms with Gasteiger partial charge in [-0.1, -0.05) is 32.0 Å². The SMILES string of the molecule is CC1(C)CCC(=O)N(CCSc2ccccc2)CC1. The Morgan fingerprint density at radius 3 is 2.68 bits per heavy atom. The van der Waals surface area contributed by atoms with Gasteiger partial charge in [0.25, 0.3) is 0 Å². The second-order valence-electron chi connectivity index (χ2n) is 5.96. The summed E-state index contributed by atoms with van der Waals surface area (Å²) >= 11 is 1.83. The number of carbonyl (C=O) groups excluding carboxylic acids is 1. The van der Waals surface area contributed by atoms with E-state index in [4.69, 9.17) is 0 Å². The molecule has 1 fully saturated rings. The van der Waals surface area contributed by atoms with Crippen LogP contribution in [0, 0.1) is 5.41 Å². The van der Waals surface area contributed by atoms with Gasteiger partial charge < -0.3 is 4.90 Å². The average Bonchev–Trinajstić information content (AvgIpc) is 2.53. The quantitative estimate of drug-likeness (QED) is 0.780. The maximum Gasteiger partial charge on any atom is 0.222 e. The molecule has 2 rings (SSSR count). The number of hydrogen-bond donors (Lipinski definition) is 0. The molecule has 2 nitrogen and oxygen atoms in total. The molecule has 1 amide bonds. The van der Waals surface area contributed by atoms with Crippen LogP contribution in [-0.4, -0.2) is 29.6 Å². The van der Waals surface area contributed by atoms with Gasteiger partial charge in [0.05, 0.1) is 0 Å². The normalized spacial score (nSPS) is 19.3. The van der Waals surface area contributed by atoms with Crippen molar-refractivity contribution in [2.24, 2.45) is 5.41 Å². The number of carbonyl (C=O) groups is 1. The second-order valence-corrected chi connectivity index (χ2v) is 7.12. The van der Waals surface area contributed by atoms with E-state index >= 15 is 0 Å². The van der Waals surface area contributed by atoms with Crippen molar-refractivity contribution < 1.29 is 4.79 Å². The van der Waals surface area contributed by atoms with Gasteiger partial charge in [0, 0.05) is 30.2 Å². The van der Waals surface area contributed by atoms with E-state index in [9.17, 15) is 4.79 Å². The highest BCUT2D eigenvalue weighted by atomic mass is 32.2. The van der Waals surface area contributed by atoms with Crippen LogP contribution in [0.15, 0.2) is 35.2 Å². The van der Waals surface area contributed by atoms with E-state index in [-0.39, 0.29) is 0 Å². The smallest absolute Gasteiger partial charge is 0.222 e. The Bertz CT molecular complexity index is 416. The molecule has 1 aliphatic rings. The summed E-state index contributed by atoms with van der Waals surface area (Å²) in [6.45, 7) is 6.32. The summed E-state index contributed by atoms with van der Waals surface area (Å²) in [6.07, 6.45) is 2.85. The minimum atomic E-state index is 0.316. The lowest BCUT2D eigenvalue weighted by Crippen LogP contribution is -2.32. The Kier molecular flexibility index (Phi) is 4.92. The highest BCUT2D eigenvalue weighted by Crippen LogP contribution is 2.30. The van der Waals surface area contributed by atoms with Crippen molar-refractivity contribution >= 4 is 17.7 Å². The molecular weight excluding hydrogens is 254 g/mol. The van der Waals surface area contributed by atoms with Gasteiger partial charge in [-0.05, 0) is 30.4 Å². The summed E-state index contributed by atoms with van der Waals surface area (Å²) < 4.78 is 0. The standard InChI is InChI=1S/C16H23NOS/c1-16(2)9-8-15(18)17(11-10-16)12-13-19-14-6-4-3-5-7-14/h3-7H,8-13H2,1-2H3. The number of hydrogen-bond acceptors (Lipinski definition) is 2. The molecule has 1 aromatic carbocycles. The molecule has 1 aliphatic heterocycles. The van der Waals surface area contributed by atoms with Crippen molar-refractivity contribution in [2.45, 2.75) is 38.0 Å². The Hall–Kier alpha value is -0.960. The fourth-order valence-electron chi connectivity index (χ4n) is 2.32. The van der Waals surface area contributed by atoms with Crippen molar-refractivity contribution in [1.82, 2.24) is 4.90 Å². The first-order valence-corrected chi connectivity index (χ1v) is 8.01. The van der Waals surface area contributed by atoms with Crippen LogP contribution in [0.2, 0.25) is 0 Å². The molecule has 0 spiro atoms. The molecule has 104 valence electrons. The van der Waals surface area contributed by atoms with Crippen molar-refractivity contribution in [1.29, 1.82) is 0 Å². The number of thioether (sulfide) groups is 1. The summed E-state index contributed by atoms with van der Waals surface area (Å²) in [6, 6.07) is 10.4. The molecule has 0 aromatic heterocycles. The van der Waals surface area contributed by atoms with Crippen LogP contribution in [-0.2, 0) is 4.79 Å². The first-order chi connectivity index (χ1) is 9.07. The highest BCUT2D eigenvalue weighted by Gasteiger charge is 2.26. The molecule has 0 aliphatic carbocycles. The summed E-state index contributed by atoms with van der Waals surface area (Å²) in [4.78, 5) is 15.4. The van der Waals surface area contributed by atoms with Gasteiger partial charge in [-0.25, -0.2) is 0 Å². The maximum atomic E-state index is 12.1. The molecular formula is C16H23NOS. The van der Waals surface area contributed by atoms with E-state index in [0.29, 0.717) is 17.7 Å². The van der Waals surface area contributed by atoms with Crippen LogP contribution in [0.1, 0.15) is 33.1 Å². The summed E-state index contributed by atoms with van der Waals surface area (Å²) in [5.74, 6) is 1.31. The third kappa shape index (κ3) is 4.57. The van der Waals surface area contributed by atoms with Crippen LogP contribution >= 0.6 is 11.8 Å². The average molecular weight is 277 g/mol. The zero-order chi connectivity index (χ0) is 13.7. The Balaban J connectivity index is 1.80. The van der Waals surface area contributed by atoms with Crippen molar-refractivity contribution in [2.75, 3.05) is 18.8 Å². The number of rotatable bonds is 4. The molecule has 0 unspecified atom stereocenters. The van der Waals surface area contributed by atoms with Gasteiger partial charge in [-0.2, -0.15) is 0 Å². The largest absolute Gasteiger partial charge is 0.342 e. The monoisotopic (exact) mass is 277 g/mol. The third-order valence-corrected chi connectivity index (χ3v) is 4.79. The van der Waals surface area contributed by atoms with E-state index < -0.39 is 0 Å². The molecule has 0 N–H and O–H groups in total. The predicted octanol–water partition coefficient (Wildman–Crippen LogP) is 3.82. The topological polar surface area (TPSA) is 20.3 Å². The molecule has 19 heavy (non-hydrogen) atoms. The van der Waals surface area contributed by atoms with E-state index in [1.54, 1.807) is 0 Å².